The Hall–Kier alpha value is -0.160. The molecule has 0 atom stereocenters. The van der Waals surface area contributed by atoms with E-state index in [9.17, 15) is 0 Å². The number of ether oxygens (including phenoxy) is 2. The molecule has 4 heteroatoms. The largest absolute Gasteiger partial charge is 0.383 e. The van der Waals surface area contributed by atoms with Crippen LogP contribution in [0.3, 0.4) is 0 Å². The second-order valence-electron chi connectivity index (χ2n) is 6.01. The highest BCUT2D eigenvalue weighted by atomic mass is 16.5. The fraction of sp³-hybridized carbons (Fsp3) is 1.00. The van der Waals surface area contributed by atoms with E-state index in [0.717, 1.165) is 38.2 Å². The molecule has 0 aromatic heterocycles. The third-order valence-electron chi connectivity index (χ3n) is 4.48. The van der Waals surface area contributed by atoms with Crippen molar-refractivity contribution >= 4 is 0 Å². The first-order valence-electron chi connectivity index (χ1n) is 7.88. The molecular formula is C15H30N2O2. The molecule has 2 rings (SSSR count). The Morgan fingerprint density at radius 2 is 1.63 bits per heavy atom. The van der Waals surface area contributed by atoms with E-state index in [1.807, 2.05) is 0 Å². The minimum absolute atomic E-state index is 0.778. The van der Waals surface area contributed by atoms with Gasteiger partial charge in [-0.1, -0.05) is 0 Å². The smallest absolute Gasteiger partial charge is 0.0589 e. The first-order valence-corrected chi connectivity index (χ1v) is 7.88. The zero-order valence-electron chi connectivity index (χ0n) is 12.4. The van der Waals surface area contributed by atoms with Crippen molar-refractivity contribution in [2.45, 2.75) is 25.7 Å². The van der Waals surface area contributed by atoms with Gasteiger partial charge in [-0.25, -0.2) is 0 Å². The molecule has 2 saturated heterocycles. The molecular weight excluding hydrogens is 240 g/mol. The molecule has 0 aliphatic carbocycles. The molecule has 0 aromatic carbocycles. The first-order chi connectivity index (χ1) is 9.38. The van der Waals surface area contributed by atoms with Crippen molar-refractivity contribution in [3.8, 4) is 0 Å². The Labute approximate surface area is 117 Å². The predicted molar refractivity (Wildman–Crippen MR) is 77.5 cm³/mol. The van der Waals surface area contributed by atoms with Crippen LogP contribution in [0.2, 0.25) is 0 Å². The normalized spacial score (nSPS) is 23.8. The monoisotopic (exact) mass is 270 g/mol. The maximum Gasteiger partial charge on any atom is 0.0589 e. The summed E-state index contributed by atoms with van der Waals surface area (Å²) in [7, 11) is 1.78. The fourth-order valence-corrected chi connectivity index (χ4v) is 3.05. The van der Waals surface area contributed by atoms with Crippen molar-refractivity contribution in [1.29, 1.82) is 0 Å². The lowest BCUT2D eigenvalue weighted by Gasteiger charge is -2.32. The van der Waals surface area contributed by atoms with Crippen molar-refractivity contribution in [3.05, 3.63) is 0 Å². The van der Waals surface area contributed by atoms with E-state index in [4.69, 9.17) is 9.47 Å². The lowest BCUT2D eigenvalue weighted by Crippen LogP contribution is -2.37. The van der Waals surface area contributed by atoms with Gasteiger partial charge in [-0.2, -0.15) is 0 Å². The van der Waals surface area contributed by atoms with Crippen LogP contribution < -0.4 is 5.32 Å². The quantitative estimate of drug-likeness (QED) is 0.757. The van der Waals surface area contributed by atoms with E-state index in [2.05, 4.69) is 10.2 Å². The number of nitrogens with one attached hydrogen (secondary N) is 1. The van der Waals surface area contributed by atoms with Crippen LogP contribution in [0, 0.1) is 11.8 Å². The molecule has 0 saturated carbocycles. The van der Waals surface area contributed by atoms with Gasteiger partial charge in [-0.15, -0.1) is 0 Å². The average Bonchev–Trinajstić information content (AvgIpc) is 2.47. The van der Waals surface area contributed by atoms with E-state index in [-0.39, 0.29) is 0 Å². The summed E-state index contributed by atoms with van der Waals surface area (Å²) in [4.78, 5) is 2.51. The van der Waals surface area contributed by atoms with Gasteiger partial charge < -0.3 is 19.7 Å². The maximum atomic E-state index is 5.96. The van der Waals surface area contributed by atoms with Gasteiger partial charge in [0, 0.05) is 26.9 Å². The maximum absolute atomic E-state index is 5.96. The van der Waals surface area contributed by atoms with Gasteiger partial charge in [0.2, 0.25) is 0 Å². The van der Waals surface area contributed by atoms with E-state index in [0.29, 0.717) is 0 Å². The zero-order chi connectivity index (χ0) is 13.3. The van der Waals surface area contributed by atoms with Crippen LogP contribution in [0.4, 0.5) is 0 Å². The van der Waals surface area contributed by atoms with E-state index >= 15 is 0 Å². The highest BCUT2D eigenvalue weighted by Gasteiger charge is 2.20. The first kappa shape index (κ1) is 15.2. The fourth-order valence-electron chi connectivity index (χ4n) is 3.05. The Morgan fingerprint density at radius 1 is 1.00 bits per heavy atom. The highest BCUT2D eigenvalue weighted by Crippen LogP contribution is 2.18. The number of hydrogen-bond donors (Lipinski definition) is 1. The SMILES string of the molecule is COCCN1CCC(COCC2CCNCC2)CC1. The summed E-state index contributed by atoms with van der Waals surface area (Å²) in [6.07, 6.45) is 5.15. The third kappa shape index (κ3) is 5.78. The summed E-state index contributed by atoms with van der Waals surface area (Å²) in [5.74, 6) is 1.57. The summed E-state index contributed by atoms with van der Waals surface area (Å²) in [6, 6.07) is 0. The van der Waals surface area contributed by atoms with E-state index in [1.165, 1.54) is 51.9 Å². The molecule has 0 radical (unpaired) electrons. The van der Waals surface area contributed by atoms with Crippen LogP contribution in [0.15, 0.2) is 0 Å². The second-order valence-corrected chi connectivity index (χ2v) is 6.01. The summed E-state index contributed by atoms with van der Waals surface area (Å²) in [5, 5.41) is 3.40. The van der Waals surface area contributed by atoms with Gasteiger partial charge in [0.05, 0.1) is 6.61 Å². The van der Waals surface area contributed by atoms with Crippen LogP contribution in [-0.2, 0) is 9.47 Å². The number of likely N-dealkylation sites (tertiary alicyclic amines) is 1. The van der Waals surface area contributed by atoms with Crippen LogP contribution >= 0.6 is 0 Å². The predicted octanol–water partition coefficient (Wildman–Crippen LogP) is 1.36. The number of hydrogen-bond acceptors (Lipinski definition) is 4. The summed E-state index contributed by atoms with van der Waals surface area (Å²) in [5.41, 5.74) is 0. The van der Waals surface area contributed by atoms with Gasteiger partial charge in [-0.3, -0.25) is 0 Å². The molecule has 112 valence electrons. The summed E-state index contributed by atoms with van der Waals surface area (Å²) < 4.78 is 11.1. The number of nitrogens with zero attached hydrogens (tertiary/aromatic N) is 1. The van der Waals surface area contributed by atoms with Crippen LogP contribution in [0.25, 0.3) is 0 Å². The van der Waals surface area contributed by atoms with Crippen molar-refractivity contribution in [2.75, 3.05) is 59.7 Å². The highest BCUT2D eigenvalue weighted by molar-refractivity contribution is 4.73. The van der Waals surface area contributed by atoms with Gasteiger partial charge in [0.1, 0.15) is 0 Å². The van der Waals surface area contributed by atoms with Crippen LogP contribution in [0.5, 0.6) is 0 Å². The number of rotatable bonds is 7. The summed E-state index contributed by atoms with van der Waals surface area (Å²) >= 11 is 0. The zero-order valence-corrected chi connectivity index (χ0v) is 12.4. The molecule has 2 fully saturated rings. The average molecular weight is 270 g/mol. The second kappa shape index (κ2) is 8.90. The van der Waals surface area contributed by atoms with Gasteiger partial charge >= 0.3 is 0 Å². The molecule has 0 unspecified atom stereocenters. The van der Waals surface area contributed by atoms with E-state index < -0.39 is 0 Å². The molecule has 0 spiro atoms. The molecule has 1 N–H and O–H groups in total. The molecule has 0 amide bonds. The van der Waals surface area contributed by atoms with Gasteiger partial charge in [-0.05, 0) is 63.7 Å². The minimum Gasteiger partial charge on any atom is -0.383 e. The van der Waals surface area contributed by atoms with Crippen LogP contribution in [0.1, 0.15) is 25.7 Å². The molecule has 2 aliphatic rings. The standard InChI is InChI=1S/C15H30N2O2/c1-18-11-10-17-8-4-15(5-9-17)13-19-12-14-2-6-16-7-3-14/h14-16H,2-13H2,1H3. The van der Waals surface area contributed by atoms with Crippen molar-refractivity contribution < 1.29 is 9.47 Å². The van der Waals surface area contributed by atoms with Crippen molar-refractivity contribution in [2.24, 2.45) is 11.8 Å². The molecule has 0 bridgehead atoms. The lowest BCUT2D eigenvalue weighted by molar-refractivity contribution is 0.0373. The Balaban J connectivity index is 1.50. The lowest BCUT2D eigenvalue weighted by atomic mass is 9.97. The Morgan fingerprint density at radius 3 is 2.26 bits per heavy atom. The Bertz CT molecular complexity index is 224. The topological polar surface area (TPSA) is 33.7 Å². The number of methoxy groups -OCH3 is 1. The van der Waals surface area contributed by atoms with Crippen LogP contribution in [-0.4, -0.2) is 64.6 Å². The molecule has 19 heavy (non-hydrogen) atoms. The Kier molecular flexibility index (Phi) is 7.14. The van der Waals surface area contributed by atoms with Crippen molar-refractivity contribution in [1.82, 2.24) is 10.2 Å². The molecule has 4 nitrogen and oxygen atoms in total. The third-order valence-corrected chi connectivity index (χ3v) is 4.48. The van der Waals surface area contributed by atoms with Gasteiger partial charge in [0.25, 0.3) is 0 Å². The van der Waals surface area contributed by atoms with E-state index in [1.54, 1.807) is 7.11 Å². The summed E-state index contributed by atoms with van der Waals surface area (Å²) in [6.45, 7) is 8.66. The molecule has 2 aliphatic heterocycles. The van der Waals surface area contributed by atoms with Crippen molar-refractivity contribution in [3.63, 3.8) is 0 Å². The molecule has 0 aromatic rings. The number of piperidine rings is 2. The van der Waals surface area contributed by atoms with Gasteiger partial charge in [0.15, 0.2) is 0 Å². The molecule has 2 heterocycles. The minimum atomic E-state index is 0.778.